The van der Waals surface area contributed by atoms with Crippen LogP contribution in [0.25, 0.3) is 0 Å². The standard InChI is InChI=1S/C14H17NO4S/c1-3-12-18-8-11(14(17)19-12)15-13(16)9-5-4-6-10(7-9)20-2/h4-7,11-12H,3,8H2,1-2H3,(H,15,16). The van der Waals surface area contributed by atoms with Crippen LogP contribution in [0, 0.1) is 0 Å². The zero-order valence-electron chi connectivity index (χ0n) is 11.4. The number of nitrogens with one attached hydrogen (secondary N) is 1. The van der Waals surface area contributed by atoms with Crippen molar-refractivity contribution in [2.75, 3.05) is 12.9 Å². The van der Waals surface area contributed by atoms with E-state index >= 15 is 0 Å². The molecule has 0 saturated carbocycles. The van der Waals surface area contributed by atoms with Gasteiger partial charge in [-0.05, 0) is 24.5 Å². The third-order valence-corrected chi connectivity index (χ3v) is 3.68. The SMILES string of the molecule is CCC1OCC(NC(=O)c2cccc(SC)c2)C(=O)O1. The number of amides is 1. The molecular formula is C14H17NO4S. The molecule has 1 aliphatic heterocycles. The van der Waals surface area contributed by atoms with Gasteiger partial charge in [-0.25, -0.2) is 4.79 Å². The Hall–Kier alpha value is -1.53. The van der Waals surface area contributed by atoms with Crippen molar-refractivity contribution >= 4 is 23.6 Å². The Balaban J connectivity index is 1.99. The van der Waals surface area contributed by atoms with Gasteiger partial charge in [0.1, 0.15) is 0 Å². The van der Waals surface area contributed by atoms with Crippen molar-refractivity contribution < 1.29 is 19.1 Å². The summed E-state index contributed by atoms with van der Waals surface area (Å²) in [5.41, 5.74) is 0.516. The Morgan fingerprint density at radius 2 is 2.30 bits per heavy atom. The lowest BCUT2D eigenvalue weighted by atomic mass is 10.2. The molecule has 108 valence electrons. The van der Waals surface area contributed by atoms with Gasteiger partial charge in [0.05, 0.1) is 6.61 Å². The predicted molar refractivity (Wildman–Crippen MR) is 75.6 cm³/mol. The highest BCUT2D eigenvalue weighted by Crippen LogP contribution is 2.16. The van der Waals surface area contributed by atoms with E-state index in [0.717, 1.165) is 4.90 Å². The second-order valence-electron chi connectivity index (χ2n) is 4.37. The lowest BCUT2D eigenvalue weighted by molar-refractivity contribution is -0.202. The summed E-state index contributed by atoms with van der Waals surface area (Å²) in [6.45, 7) is 2.01. The van der Waals surface area contributed by atoms with E-state index < -0.39 is 18.3 Å². The normalized spacial score (nSPS) is 22.2. The van der Waals surface area contributed by atoms with Crippen molar-refractivity contribution in [3.8, 4) is 0 Å². The first kappa shape index (κ1) is 14.9. The third kappa shape index (κ3) is 3.52. The van der Waals surface area contributed by atoms with Crippen LogP contribution in [-0.4, -0.2) is 37.1 Å². The fourth-order valence-electron chi connectivity index (χ4n) is 1.82. The van der Waals surface area contributed by atoms with Gasteiger partial charge in [-0.3, -0.25) is 4.79 Å². The lowest BCUT2D eigenvalue weighted by Gasteiger charge is -2.28. The predicted octanol–water partition coefficient (Wildman–Crippen LogP) is 1.82. The van der Waals surface area contributed by atoms with Crippen molar-refractivity contribution in [3.05, 3.63) is 29.8 Å². The van der Waals surface area contributed by atoms with Crippen LogP contribution in [0.4, 0.5) is 0 Å². The minimum Gasteiger partial charge on any atom is -0.434 e. The molecule has 1 fully saturated rings. The Bertz CT molecular complexity index is 506. The monoisotopic (exact) mass is 295 g/mol. The van der Waals surface area contributed by atoms with Gasteiger partial charge >= 0.3 is 5.97 Å². The molecule has 20 heavy (non-hydrogen) atoms. The number of hydrogen-bond acceptors (Lipinski definition) is 5. The highest BCUT2D eigenvalue weighted by Gasteiger charge is 2.31. The van der Waals surface area contributed by atoms with Crippen molar-refractivity contribution in [2.24, 2.45) is 0 Å². The molecule has 2 atom stereocenters. The molecule has 1 heterocycles. The van der Waals surface area contributed by atoms with E-state index in [4.69, 9.17) is 9.47 Å². The minimum atomic E-state index is -0.747. The van der Waals surface area contributed by atoms with E-state index in [2.05, 4.69) is 5.32 Å². The number of hydrogen-bond donors (Lipinski definition) is 1. The fourth-order valence-corrected chi connectivity index (χ4v) is 2.28. The maximum absolute atomic E-state index is 12.1. The summed E-state index contributed by atoms with van der Waals surface area (Å²) in [5.74, 6) is -0.751. The first-order valence-electron chi connectivity index (χ1n) is 6.41. The molecule has 1 N–H and O–H groups in total. The van der Waals surface area contributed by atoms with E-state index in [0.29, 0.717) is 12.0 Å². The molecule has 2 unspecified atom stereocenters. The van der Waals surface area contributed by atoms with Crippen molar-refractivity contribution in [3.63, 3.8) is 0 Å². The summed E-state index contributed by atoms with van der Waals surface area (Å²) in [4.78, 5) is 24.8. The zero-order chi connectivity index (χ0) is 14.5. The topological polar surface area (TPSA) is 64.6 Å². The third-order valence-electron chi connectivity index (χ3n) is 2.95. The highest BCUT2D eigenvalue weighted by atomic mass is 32.2. The summed E-state index contributed by atoms with van der Waals surface area (Å²) >= 11 is 1.55. The van der Waals surface area contributed by atoms with E-state index in [9.17, 15) is 9.59 Å². The van der Waals surface area contributed by atoms with Crippen LogP contribution in [0.1, 0.15) is 23.7 Å². The number of carbonyl (C=O) groups is 2. The number of cyclic esters (lactones) is 1. The Morgan fingerprint density at radius 3 is 2.95 bits per heavy atom. The molecule has 0 radical (unpaired) electrons. The van der Waals surface area contributed by atoms with Gasteiger partial charge in [-0.1, -0.05) is 13.0 Å². The number of esters is 1. The Kier molecular flexibility index (Phi) is 5.03. The van der Waals surface area contributed by atoms with Crippen molar-refractivity contribution in [1.82, 2.24) is 5.32 Å². The first-order valence-corrected chi connectivity index (χ1v) is 7.63. The number of ether oxygens (including phenoxy) is 2. The van der Waals surface area contributed by atoms with Gasteiger partial charge in [-0.15, -0.1) is 11.8 Å². The Labute approximate surface area is 122 Å². The molecule has 1 aromatic carbocycles. The average Bonchev–Trinajstić information content (AvgIpc) is 2.49. The van der Waals surface area contributed by atoms with E-state index in [1.165, 1.54) is 0 Å². The van der Waals surface area contributed by atoms with Gasteiger partial charge in [-0.2, -0.15) is 0 Å². The second-order valence-corrected chi connectivity index (χ2v) is 5.25. The average molecular weight is 295 g/mol. The van der Waals surface area contributed by atoms with Crippen molar-refractivity contribution in [1.29, 1.82) is 0 Å². The van der Waals surface area contributed by atoms with E-state index in [1.54, 1.807) is 23.9 Å². The maximum atomic E-state index is 12.1. The summed E-state index contributed by atoms with van der Waals surface area (Å²) in [5, 5.41) is 2.63. The van der Waals surface area contributed by atoms with Gasteiger partial charge < -0.3 is 14.8 Å². The summed E-state index contributed by atoms with van der Waals surface area (Å²) in [7, 11) is 0. The van der Waals surface area contributed by atoms with Crippen LogP contribution in [0.2, 0.25) is 0 Å². The largest absolute Gasteiger partial charge is 0.434 e. The molecule has 6 heteroatoms. The van der Waals surface area contributed by atoms with Crippen molar-refractivity contribution in [2.45, 2.75) is 30.6 Å². The molecule has 0 aliphatic carbocycles. The molecule has 1 amide bonds. The zero-order valence-corrected chi connectivity index (χ0v) is 12.2. The number of carbonyl (C=O) groups excluding carboxylic acids is 2. The smallest absolute Gasteiger partial charge is 0.333 e. The highest BCUT2D eigenvalue weighted by molar-refractivity contribution is 7.98. The summed E-state index contributed by atoms with van der Waals surface area (Å²) in [6, 6.07) is 6.47. The summed E-state index contributed by atoms with van der Waals surface area (Å²) < 4.78 is 10.4. The quantitative estimate of drug-likeness (QED) is 0.678. The molecule has 0 spiro atoms. The molecule has 5 nitrogen and oxygen atoms in total. The van der Waals surface area contributed by atoms with Gasteiger partial charge in [0, 0.05) is 16.9 Å². The van der Waals surface area contributed by atoms with Crippen LogP contribution in [-0.2, 0) is 14.3 Å². The molecule has 0 aromatic heterocycles. The molecule has 0 bridgehead atoms. The first-order chi connectivity index (χ1) is 9.63. The number of benzene rings is 1. The second kappa shape index (κ2) is 6.76. The van der Waals surface area contributed by atoms with E-state index in [-0.39, 0.29) is 12.5 Å². The van der Waals surface area contributed by atoms with Crippen LogP contribution >= 0.6 is 11.8 Å². The van der Waals surface area contributed by atoms with Gasteiger partial charge in [0.15, 0.2) is 6.04 Å². The van der Waals surface area contributed by atoms with Crippen LogP contribution in [0.3, 0.4) is 0 Å². The van der Waals surface area contributed by atoms with Crippen LogP contribution in [0.5, 0.6) is 0 Å². The van der Waals surface area contributed by atoms with Crippen LogP contribution < -0.4 is 5.32 Å². The van der Waals surface area contributed by atoms with Crippen LogP contribution in [0.15, 0.2) is 29.2 Å². The maximum Gasteiger partial charge on any atom is 0.333 e. The van der Waals surface area contributed by atoms with Gasteiger partial charge in [0.25, 0.3) is 5.91 Å². The van der Waals surface area contributed by atoms with E-state index in [1.807, 2.05) is 25.3 Å². The minimum absolute atomic E-state index is 0.144. The fraction of sp³-hybridized carbons (Fsp3) is 0.429. The number of thioether (sulfide) groups is 1. The molecular weight excluding hydrogens is 278 g/mol. The Morgan fingerprint density at radius 1 is 1.50 bits per heavy atom. The molecule has 1 aliphatic rings. The van der Waals surface area contributed by atoms with Gasteiger partial charge in [0.2, 0.25) is 6.29 Å². The summed E-state index contributed by atoms with van der Waals surface area (Å²) in [6.07, 6.45) is 2.03. The molecule has 2 rings (SSSR count). The molecule has 1 saturated heterocycles. The number of rotatable bonds is 4. The lowest BCUT2D eigenvalue weighted by Crippen LogP contribution is -2.50. The molecule has 1 aromatic rings.